The van der Waals surface area contributed by atoms with E-state index in [9.17, 15) is 0 Å². The molecule has 0 aromatic heterocycles. The van der Waals surface area contributed by atoms with E-state index in [4.69, 9.17) is 4.74 Å². The van der Waals surface area contributed by atoms with Crippen molar-refractivity contribution < 1.29 is 4.74 Å². The molecule has 0 aliphatic carbocycles. The van der Waals surface area contributed by atoms with Gasteiger partial charge in [-0.1, -0.05) is 41.1 Å². The van der Waals surface area contributed by atoms with Crippen molar-refractivity contribution in [2.24, 2.45) is 0 Å². The van der Waals surface area contributed by atoms with E-state index < -0.39 is 0 Å². The molecule has 2 heteroatoms. The average Bonchev–Trinajstić information content (AvgIpc) is 2.38. The van der Waals surface area contributed by atoms with Gasteiger partial charge in [0.05, 0.1) is 0 Å². The second-order valence-corrected chi connectivity index (χ2v) is 5.23. The Labute approximate surface area is 117 Å². The van der Waals surface area contributed by atoms with Gasteiger partial charge in [-0.3, -0.25) is 0 Å². The third-order valence-electron chi connectivity index (χ3n) is 3.04. The minimum Gasteiger partial charge on any atom is -0.489 e. The minimum absolute atomic E-state index is 0.631. The number of rotatable bonds is 4. The van der Waals surface area contributed by atoms with Gasteiger partial charge in [-0.2, -0.15) is 0 Å². The molecule has 0 radical (unpaired) electrons. The number of benzene rings is 2. The number of para-hydroxylation sites is 1. The molecule has 0 aliphatic heterocycles. The Balaban J connectivity index is 2.19. The van der Waals surface area contributed by atoms with Crippen LogP contribution in [0.15, 0.2) is 46.9 Å². The molecule has 2 aromatic rings. The van der Waals surface area contributed by atoms with Crippen LogP contribution in [0.1, 0.15) is 23.6 Å². The van der Waals surface area contributed by atoms with Gasteiger partial charge >= 0.3 is 0 Å². The first-order valence-electron chi connectivity index (χ1n) is 6.16. The molecule has 0 N–H and O–H groups in total. The molecule has 0 saturated heterocycles. The summed E-state index contributed by atoms with van der Waals surface area (Å²) in [7, 11) is 0. The highest BCUT2D eigenvalue weighted by atomic mass is 79.9. The normalized spacial score (nSPS) is 10.4. The van der Waals surface area contributed by atoms with Crippen molar-refractivity contribution >= 4 is 15.9 Å². The van der Waals surface area contributed by atoms with Crippen LogP contribution in [0.3, 0.4) is 0 Å². The Bertz CT molecular complexity index is 520. The number of ether oxygens (including phenoxy) is 1. The van der Waals surface area contributed by atoms with Gasteiger partial charge in [0.15, 0.2) is 0 Å². The average molecular weight is 305 g/mol. The molecule has 18 heavy (non-hydrogen) atoms. The molecule has 1 nitrogen and oxygen atoms in total. The van der Waals surface area contributed by atoms with Gasteiger partial charge in [0.2, 0.25) is 0 Å². The first-order chi connectivity index (χ1) is 8.70. The molecule has 0 bridgehead atoms. The largest absolute Gasteiger partial charge is 0.489 e. The molecule has 0 fully saturated rings. The van der Waals surface area contributed by atoms with E-state index in [1.54, 1.807) is 0 Å². The molecule has 2 rings (SSSR count). The molecule has 0 atom stereocenters. The quantitative estimate of drug-likeness (QED) is 0.780. The minimum atomic E-state index is 0.631. The summed E-state index contributed by atoms with van der Waals surface area (Å²) in [6.07, 6.45) is 1.02. The van der Waals surface area contributed by atoms with E-state index in [1.165, 1.54) is 16.7 Å². The smallest absolute Gasteiger partial charge is 0.119 e. The van der Waals surface area contributed by atoms with Crippen LogP contribution in [-0.4, -0.2) is 0 Å². The Hall–Kier alpha value is -1.28. The maximum atomic E-state index is 5.84. The predicted octanol–water partition coefficient (Wildman–Crippen LogP) is 4.90. The van der Waals surface area contributed by atoms with Crippen molar-refractivity contribution in [3.63, 3.8) is 0 Å². The van der Waals surface area contributed by atoms with E-state index >= 15 is 0 Å². The number of halogens is 1. The van der Waals surface area contributed by atoms with E-state index in [0.717, 1.165) is 16.6 Å². The molecule has 94 valence electrons. The molecule has 0 saturated carbocycles. The van der Waals surface area contributed by atoms with Gasteiger partial charge in [0, 0.05) is 4.47 Å². The lowest BCUT2D eigenvalue weighted by atomic mass is 10.0. The van der Waals surface area contributed by atoms with E-state index in [0.29, 0.717) is 6.61 Å². The monoisotopic (exact) mass is 304 g/mol. The lowest BCUT2D eigenvalue weighted by molar-refractivity contribution is 0.304. The van der Waals surface area contributed by atoms with Crippen molar-refractivity contribution in [3.05, 3.63) is 63.6 Å². The topological polar surface area (TPSA) is 9.23 Å². The zero-order chi connectivity index (χ0) is 13.0. The van der Waals surface area contributed by atoms with Crippen molar-refractivity contribution in [2.45, 2.75) is 26.9 Å². The Morgan fingerprint density at radius 1 is 1.11 bits per heavy atom. The van der Waals surface area contributed by atoms with E-state index in [-0.39, 0.29) is 0 Å². The zero-order valence-electron chi connectivity index (χ0n) is 10.7. The lowest BCUT2D eigenvalue weighted by Gasteiger charge is -2.13. The molecular weight excluding hydrogens is 288 g/mol. The second kappa shape index (κ2) is 6.05. The van der Waals surface area contributed by atoms with Crippen LogP contribution in [0.4, 0.5) is 0 Å². The van der Waals surface area contributed by atoms with Gasteiger partial charge < -0.3 is 4.74 Å². The highest BCUT2D eigenvalue weighted by Gasteiger charge is 2.07. The molecular formula is C16H17BrO. The van der Waals surface area contributed by atoms with Crippen molar-refractivity contribution in [1.29, 1.82) is 0 Å². The fourth-order valence-corrected chi connectivity index (χ4v) is 2.66. The van der Waals surface area contributed by atoms with E-state index in [1.807, 2.05) is 30.3 Å². The molecule has 0 unspecified atom stereocenters. The van der Waals surface area contributed by atoms with Crippen molar-refractivity contribution in [1.82, 2.24) is 0 Å². The van der Waals surface area contributed by atoms with Crippen LogP contribution in [-0.2, 0) is 13.0 Å². The van der Waals surface area contributed by atoms with E-state index in [2.05, 4.69) is 41.9 Å². The number of aryl methyl sites for hydroxylation is 2. The van der Waals surface area contributed by atoms with Gasteiger partial charge in [-0.25, -0.2) is 0 Å². The Morgan fingerprint density at radius 3 is 2.50 bits per heavy atom. The van der Waals surface area contributed by atoms with Gasteiger partial charge in [-0.05, 0) is 54.3 Å². The summed E-state index contributed by atoms with van der Waals surface area (Å²) in [6, 6.07) is 14.3. The Morgan fingerprint density at radius 2 is 1.83 bits per heavy atom. The fraction of sp³-hybridized carbons (Fsp3) is 0.250. The SMILES string of the molecule is CCc1cc(Br)cc(C)c1COc1ccccc1. The summed E-state index contributed by atoms with van der Waals surface area (Å²) >= 11 is 3.54. The summed E-state index contributed by atoms with van der Waals surface area (Å²) in [6.45, 7) is 4.94. The lowest BCUT2D eigenvalue weighted by Crippen LogP contribution is -2.02. The zero-order valence-corrected chi connectivity index (χ0v) is 12.3. The molecule has 0 aliphatic rings. The van der Waals surface area contributed by atoms with Crippen molar-refractivity contribution in [2.75, 3.05) is 0 Å². The second-order valence-electron chi connectivity index (χ2n) is 4.32. The van der Waals surface area contributed by atoms with Crippen molar-refractivity contribution in [3.8, 4) is 5.75 Å². The summed E-state index contributed by atoms with van der Waals surface area (Å²) in [5.41, 5.74) is 3.92. The van der Waals surface area contributed by atoms with Gasteiger partial charge in [0.25, 0.3) is 0 Å². The molecule has 0 amide bonds. The van der Waals surface area contributed by atoms with Crippen LogP contribution in [0.5, 0.6) is 5.75 Å². The molecule has 0 heterocycles. The predicted molar refractivity (Wildman–Crippen MR) is 79.0 cm³/mol. The van der Waals surface area contributed by atoms with Gasteiger partial charge in [0.1, 0.15) is 12.4 Å². The summed E-state index contributed by atoms with van der Waals surface area (Å²) in [5, 5.41) is 0. The van der Waals surface area contributed by atoms with Crippen LogP contribution in [0.2, 0.25) is 0 Å². The van der Waals surface area contributed by atoms with Crippen LogP contribution < -0.4 is 4.74 Å². The number of hydrogen-bond donors (Lipinski definition) is 0. The maximum Gasteiger partial charge on any atom is 0.119 e. The first kappa shape index (κ1) is 13.2. The van der Waals surface area contributed by atoms with Gasteiger partial charge in [-0.15, -0.1) is 0 Å². The third-order valence-corrected chi connectivity index (χ3v) is 3.50. The molecule has 0 spiro atoms. The summed E-state index contributed by atoms with van der Waals surface area (Å²) in [4.78, 5) is 0. The maximum absolute atomic E-state index is 5.84. The van der Waals surface area contributed by atoms with Crippen LogP contribution in [0.25, 0.3) is 0 Å². The highest BCUT2D eigenvalue weighted by molar-refractivity contribution is 9.10. The summed E-state index contributed by atoms with van der Waals surface area (Å²) in [5.74, 6) is 0.918. The first-order valence-corrected chi connectivity index (χ1v) is 6.95. The van der Waals surface area contributed by atoms with Crippen LogP contribution in [0, 0.1) is 6.92 Å². The Kier molecular flexibility index (Phi) is 4.43. The number of hydrogen-bond acceptors (Lipinski definition) is 1. The highest BCUT2D eigenvalue weighted by Crippen LogP contribution is 2.23. The fourth-order valence-electron chi connectivity index (χ4n) is 2.04. The van der Waals surface area contributed by atoms with Crippen LogP contribution >= 0.6 is 15.9 Å². The molecule has 2 aromatic carbocycles. The third kappa shape index (κ3) is 3.14. The summed E-state index contributed by atoms with van der Waals surface area (Å²) < 4.78 is 6.98. The standard InChI is InChI=1S/C16H17BrO/c1-3-13-10-14(17)9-12(2)16(13)11-18-15-7-5-4-6-8-15/h4-10H,3,11H2,1-2H3.